The molecule has 0 aliphatic heterocycles. The van der Waals surface area contributed by atoms with Crippen molar-refractivity contribution in [3.63, 3.8) is 0 Å². The third-order valence-corrected chi connectivity index (χ3v) is 3.90. The van der Waals surface area contributed by atoms with Crippen LogP contribution in [-0.2, 0) is 4.79 Å². The number of amides is 1. The summed E-state index contributed by atoms with van der Waals surface area (Å²) in [4.78, 5) is 16.3. The van der Waals surface area contributed by atoms with E-state index in [2.05, 4.69) is 20.7 Å². The lowest BCUT2D eigenvalue weighted by Crippen LogP contribution is -2.39. The summed E-state index contributed by atoms with van der Waals surface area (Å²) in [6.45, 7) is 2.18. The standard InChI is InChI=1S/C15H21N5O/c1-11-9-13-15(16-7-8-20(13)19-11)17-10-14(21)18-12-5-3-2-4-6-12/h7-9,12H,2-6,10H2,1H3,(H,16,17)(H,18,21). The Labute approximate surface area is 123 Å². The number of carbonyl (C=O) groups excluding carboxylic acids is 1. The highest BCUT2D eigenvalue weighted by molar-refractivity contribution is 5.82. The van der Waals surface area contributed by atoms with Gasteiger partial charge in [0.2, 0.25) is 5.91 Å². The SMILES string of the molecule is Cc1cc2c(NCC(=O)NC3CCCCC3)nccn2n1. The zero-order valence-corrected chi connectivity index (χ0v) is 12.3. The van der Waals surface area contributed by atoms with Crippen LogP contribution < -0.4 is 10.6 Å². The van der Waals surface area contributed by atoms with Gasteiger partial charge in [-0.2, -0.15) is 5.10 Å². The van der Waals surface area contributed by atoms with Crippen LogP contribution in [0.25, 0.3) is 5.52 Å². The summed E-state index contributed by atoms with van der Waals surface area (Å²) < 4.78 is 1.77. The van der Waals surface area contributed by atoms with Gasteiger partial charge in [0.1, 0.15) is 5.52 Å². The van der Waals surface area contributed by atoms with E-state index in [-0.39, 0.29) is 12.5 Å². The zero-order chi connectivity index (χ0) is 14.7. The maximum absolute atomic E-state index is 12.0. The van der Waals surface area contributed by atoms with Crippen LogP contribution in [0.2, 0.25) is 0 Å². The molecular formula is C15H21N5O. The second kappa shape index (κ2) is 6.11. The quantitative estimate of drug-likeness (QED) is 0.901. The van der Waals surface area contributed by atoms with E-state index in [1.807, 2.05) is 13.0 Å². The molecule has 0 bridgehead atoms. The van der Waals surface area contributed by atoms with Crippen molar-refractivity contribution in [3.05, 3.63) is 24.2 Å². The Morgan fingerprint density at radius 1 is 1.38 bits per heavy atom. The van der Waals surface area contributed by atoms with Crippen molar-refractivity contribution in [2.45, 2.75) is 45.1 Å². The van der Waals surface area contributed by atoms with Gasteiger partial charge in [0.05, 0.1) is 12.2 Å². The average molecular weight is 287 g/mol. The van der Waals surface area contributed by atoms with E-state index in [1.54, 1.807) is 16.9 Å². The van der Waals surface area contributed by atoms with Crippen molar-refractivity contribution < 1.29 is 4.79 Å². The number of carbonyl (C=O) groups is 1. The van der Waals surface area contributed by atoms with Gasteiger partial charge in [-0.25, -0.2) is 9.50 Å². The fourth-order valence-electron chi connectivity index (χ4n) is 2.87. The first-order chi connectivity index (χ1) is 10.2. The Morgan fingerprint density at radius 3 is 3.00 bits per heavy atom. The summed E-state index contributed by atoms with van der Waals surface area (Å²) >= 11 is 0. The van der Waals surface area contributed by atoms with E-state index in [9.17, 15) is 4.79 Å². The van der Waals surface area contributed by atoms with Crippen LogP contribution in [0, 0.1) is 6.92 Å². The molecule has 6 nitrogen and oxygen atoms in total. The number of hydrogen-bond donors (Lipinski definition) is 2. The predicted molar refractivity (Wildman–Crippen MR) is 81.2 cm³/mol. The maximum atomic E-state index is 12.0. The Morgan fingerprint density at radius 2 is 2.19 bits per heavy atom. The second-order valence-electron chi connectivity index (χ2n) is 5.65. The van der Waals surface area contributed by atoms with Crippen molar-refractivity contribution in [2.75, 3.05) is 11.9 Å². The van der Waals surface area contributed by atoms with Gasteiger partial charge < -0.3 is 10.6 Å². The number of aryl methyl sites for hydroxylation is 1. The van der Waals surface area contributed by atoms with E-state index >= 15 is 0 Å². The Hall–Kier alpha value is -2.11. The fraction of sp³-hybridized carbons (Fsp3) is 0.533. The smallest absolute Gasteiger partial charge is 0.239 e. The molecule has 2 aromatic rings. The first kappa shape index (κ1) is 13.9. The summed E-state index contributed by atoms with van der Waals surface area (Å²) in [5.41, 5.74) is 1.82. The molecule has 0 unspecified atom stereocenters. The molecule has 21 heavy (non-hydrogen) atoms. The zero-order valence-electron chi connectivity index (χ0n) is 12.3. The summed E-state index contributed by atoms with van der Waals surface area (Å²) in [5.74, 6) is 0.721. The van der Waals surface area contributed by atoms with Crippen LogP contribution in [0.3, 0.4) is 0 Å². The fourth-order valence-corrected chi connectivity index (χ4v) is 2.87. The monoisotopic (exact) mass is 287 g/mol. The highest BCUT2D eigenvalue weighted by Gasteiger charge is 2.15. The normalized spacial score (nSPS) is 16.0. The third-order valence-electron chi connectivity index (χ3n) is 3.90. The lowest BCUT2D eigenvalue weighted by Gasteiger charge is -2.22. The topological polar surface area (TPSA) is 71.3 Å². The van der Waals surface area contributed by atoms with Gasteiger partial charge in [0, 0.05) is 18.4 Å². The lowest BCUT2D eigenvalue weighted by molar-refractivity contribution is -0.120. The van der Waals surface area contributed by atoms with Crippen molar-refractivity contribution in [3.8, 4) is 0 Å². The van der Waals surface area contributed by atoms with Gasteiger partial charge >= 0.3 is 0 Å². The molecule has 112 valence electrons. The minimum atomic E-state index is 0.0296. The molecule has 1 aliphatic carbocycles. The first-order valence-corrected chi connectivity index (χ1v) is 7.56. The molecule has 3 rings (SSSR count). The van der Waals surface area contributed by atoms with E-state index < -0.39 is 0 Å². The summed E-state index contributed by atoms with van der Waals surface area (Å²) in [6, 6.07) is 2.29. The molecule has 0 saturated heterocycles. The molecule has 1 fully saturated rings. The van der Waals surface area contributed by atoms with Crippen molar-refractivity contribution >= 4 is 17.2 Å². The number of hydrogen-bond acceptors (Lipinski definition) is 4. The third kappa shape index (κ3) is 3.32. The molecule has 2 heterocycles. The van der Waals surface area contributed by atoms with Gasteiger partial charge in [0.25, 0.3) is 0 Å². The highest BCUT2D eigenvalue weighted by atomic mass is 16.2. The van der Waals surface area contributed by atoms with Gasteiger partial charge in [-0.15, -0.1) is 0 Å². The summed E-state index contributed by atoms with van der Waals surface area (Å²) in [5, 5.41) is 10.5. The molecule has 6 heteroatoms. The molecular weight excluding hydrogens is 266 g/mol. The summed E-state index contributed by atoms with van der Waals surface area (Å²) in [7, 11) is 0. The number of nitrogens with zero attached hydrogens (tertiary/aromatic N) is 3. The van der Waals surface area contributed by atoms with E-state index in [0.717, 1.165) is 24.1 Å². The van der Waals surface area contributed by atoms with E-state index in [4.69, 9.17) is 0 Å². The maximum Gasteiger partial charge on any atom is 0.239 e. The van der Waals surface area contributed by atoms with Crippen LogP contribution in [0.5, 0.6) is 0 Å². The Bertz CT molecular complexity index is 630. The van der Waals surface area contributed by atoms with Gasteiger partial charge in [-0.3, -0.25) is 4.79 Å². The number of anilines is 1. The molecule has 0 aromatic carbocycles. The lowest BCUT2D eigenvalue weighted by atomic mass is 9.95. The Kier molecular flexibility index (Phi) is 4.03. The van der Waals surface area contributed by atoms with Gasteiger partial charge in [0.15, 0.2) is 5.82 Å². The van der Waals surface area contributed by atoms with Crippen LogP contribution in [0.4, 0.5) is 5.82 Å². The molecule has 0 atom stereocenters. The average Bonchev–Trinajstić information content (AvgIpc) is 2.87. The number of aromatic nitrogens is 3. The van der Waals surface area contributed by atoms with Crippen LogP contribution in [0.1, 0.15) is 37.8 Å². The Balaban J connectivity index is 1.59. The first-order valence-electron chi connectivity index (χ1n) is 7.56. The molecule has 0 radical (unpaired) electrons. The molecule has 1 amide bonds. The minimum Gasteiger partial charge on any atom is -0.359 e. The number of fused-ring (bicyclic) bond motifs is 1. The van der Waals surface area contributed by atoms with Crippen LogP contribution in [0.15, 0.2) is 18.5 Å². The number of rotatable bonds is 4. The molecule has 0 spiro atoms. The van der Waals surface area contributed by atoms with Gasteiger partial charge in [-0.1, -0.05) is 19.3 Å². The molecule has 1 aliphatic rings. The number of nitrogens with one attached hydrogen (secondary N) is 2. The van der Waals surface area contributed by atoms with E-state index in [1.165, 1.54) is 19.3 Å². The van der Waals surface area contributed by atoms with Crippen molar-refractivity contribution in [1.29, 1.82) is 0 Å². The van der Waals surface area contributed by atoms with E-state index in [0.29, 0.717) is 11.9 Å². The molecule has 1 saturated carbocycles. The largest absolute Gasteiger partial charge is 0.359 e. The minimum absolute atomic E-state index is 0.0296. The second-order valence-corrected chi connectivity index (χ2v) is 5.65. The van der Waals surface area contributed by atoms with Crippen molar-refractivity contribution in [2.24, 2.45) is 0 Å². The van der Waals surface area contributed by atoms with Crippen LogP contribution >= 0.6 is 0 Å². The predicted octanol–water partition coefficient (Wildman–Crippen LogP) is 1.90. The van der Waals surface area contributed by atoms with Gasteiger partial charge in [-0.05, 0) is 25.8 Å². The molecule has 2 aromatic heterocycles. The molecule has 2 N–H and O–H groups in total. The highest BCUT2D eigenvalue weighted by Crippen LogP contribution is 2.17. The van der Waals surface area contributed by atoms with Crippen molar-refractivity contribution in [1.82, 2.24) is 19.9 Å². The summed E-state index contributed by atoms with van der Waals surface area (Å²) in [6.07, 6.45) is 9.40. The van der Waals surface area contributed by atoms with Crippen LogP contribution in [-0.4, -0.2) is 33.1 Å².